The number of halogens is 3. The molecule has 6 nitrogen and oxygen atoms in total. The fourth-order valence-electron chi connectivity index (χ4n) is 2.49. The number of hydrogen-bond donors (Lipinski definition) is 2. The Hall–Kier alpha value is -3.27. The monoisotopic (exact) mass is 423 g/mol. The van der Waals surface area contributed by atoms with Gasteiger partial charge < -0.3 is 14.8 Å². The molecule has 152 valence electrons. The Balaban J connectivity index is 1.70. The van der Waals surface area contributed by atoms with Crippen molar-refractivity contribution in [2.45, 2.75) is 6.18 Å². The first kappa shape index (κ1) is 20.5. The summed E-state index contributed by atoms with van der Waals surface area (Å²) in [6.07, 6.45) is -4.49. The molecule has 0 saturated heterocycles. The molecule has 2 N–H and O–H groups in total. The maximum absolute atomic E-state index is 12.8. The zero-order valence-electron chi connectivity index (χ0n) is 15.3. The number of alkyl halides is 3. The summed E-state index contributed by atoms with van der Waals surface area (Å²) in [5, 5.41) is 6.90. The van der Waals surface area contributed by atoms with Crippen LogP contribution in [0.2, 0.25) is 0 Å². The van der Waals surface area contributed by atoms with E-state index in [1.807, 2.05) is 0 Å². The van der Waals surface area contributed by atoms with Gasteiger partial charge in [0.25, 0.3) is 0 Å². The Kier molecular flexibility index (Phi) is 5.92. The van der Waals surface area contributed by atoms with Crippen LogP contribution in [0, 0.1) is 0 Å². The average molecular weight is 423 g/mol. The first-order valence-corrected chi connectivity index (χ1v) is 9.11. The van der Waals surface area contributed by atoms with Gasteiger partial charge in [-0.15, -0.1) is 11.3 Å². The molecule has 2 amide bonds. The van der Waals surface area contributed by atoms with Crippen LogP contribution < -0.4 is 20.1 Å². The lowest BCUT2D eigenvalue weighted by atomic mass is 10.1. The molecule has 0 aliphatic carbocycles. The van der Waals surface area contributed by atoms with Gasteiger partial charge in [0.1, 0.15) is 0 Å². The standard InChI is InChI=1S/C19H16F3N3O3S/c1-27-15-7-6-11(8-16(15)28-2)14-10-29-18(24-14)25-17(26)23-13-5-3-4-12(9-13)19(20,21)22/h3-10H,1-2H3,(H2,23,24,25,26). The number of anilines is 2. The lowest BCUT2D eigenvalue weighted by Crippen LogP contribution is -2.19. The molecule has 2 aromatic carbocycles. The van der Waals surface area contributed by atoms with E-state index in [1.54, 1.807) is 23.6 Å². The summed E-state index contributed by atoms with van der Waals surface area (Å²) in [6.45, 7) is 0. The van der Waals surface area contributed by atoms with Gasteiger partial charge in [-0.05, 0) is 36.4 Å². The average Bonchev–Trinajstić information content (AvgIpc) is 3.15. The molecule has 0 radical (unpaired) electrons. The Morgan fingerprint density at radius 2 is 1.79 bits per heavy atom. The highest BCUT2D eigenvalue weighted by Crippen LogP contribution is 2.34. The minimum atomic E-state index is -4.49. The summed E-state index contributed by atoms with van der Waals surface area (Å²) in [4.78, 5) is 16.4. The summed E-state index contributed by atoms with van der Waals surface area (Å²) >= 11 is 1.18. The van der Waals surface area contributed by atoms with Crippen molar-refractivity contribution in [2.75, 3.05) is 24.9 Å². The van der Waals surface area contributed by atoms with E-state index in [0.717, 1.165) is 17.7 Å². The van der Waals surface area contributed by atoms with Crippen LogP contribution in [0.4, 0.5) is 28.8 Å². The first-order chi connectivity index (χ1) is 13.8. The van der Waals surface area contributed by atoms with E-state index in [0.29, 0.717) is 22.3 Å². The number of nitrogens with one attached hydrogen (secondary N) is 2. The molecule has 10 heteroatoms. The number of rotatable bonds is 5. The number of carbonyl (C=O) groups excluding carboxylic acids is 1. The van der Waals surface area contributed by atoms with Crippen molar-refractivity contribution in [1.82, 2.24) is 4.98 Å². The van der Waals surface area contributed by atoms with E-state index < -0.39 is 17.8 Å². The number of amides is 2. The fourth-order valence-corrected chi connectivity index (χ4v) is 3.21. The number of nitrogens with zero attached hydrogens (tertiary/aromatic N) is 1. The van der Waals surface area contributed by atoms with Crippen LogP contribution in [0.3, 0.4) is 0 Å². The Morgan fingerprint density at radius 3 is 2.48 bits per heavy atom. The molecule has 0 saturated carbocycles. The number of ether oxygens (including phenoxy) is 2. The second kappa shape index (κ2) is 8.39. The molecule has 0 aliphatic heterocycles. The van der Waals surface area contributed by atoms with Crippen molar-refractivity contribution < 1.29 is 27.4 Å². The summed E-state index contributed by atoms with van der Waals surface area (Å²) in [5.74, 6) is 1.11. The highest BCUT2D eigenvalue weighted by molar-refractivity contribution is 7.14. The quantitative estimate of drug-likeness (QED) is 0.569. The highest BCUT2D eigenvalue weighted by atomic mass is 32.1. The summed E-state index contributed by atoms with van der Waals surface area (Å²) in [6, 6.07) is 8.96. The van der Waals surface area contributed by atoms with E-state index in [-0.39, 0.29) is 5.69 Å². The van der Waals surface area contributed by atoms with Crippen LogP contribution in [-0.4, -0.2) is 25.2 Å². The van der Waals surface area contributed by atoms with Gasteiger partial charge in [-0.3, -0.25) is 5.32 Å². The number of benzene rings is 2. The van der Waals surface area contributed by atoms with E-state index in [1.165, 1.54) is 37.7 Å². The predicted molar refractivity (Wildman–Crippen MR) is 105 cm³/mol. The minimum absolute atomic E-state index is 0.0222. The second-order valence-corrected chi connectivity index (χ2v) is 6.62. The van der Waals surface area contributed by atoms with Gasteiger partial charge in [-0.25, -0.2) is 9.78 Å². The lowest BCUT2D eigenvalue weighted by Gasteiger charge is -2.10. The number of hydrogen-bond acceptors (Lipinski definition) is 5. The predicted octanol–water partition coefficient (Wildman–Crippen LogP) is 5.49. The van der Waals surface area contributed by atoms with Crippen molar-refractivity contribution in [2.24, 2.45) is 0 Å². The van der Waals surface area contributed by atoms with Crippen LogP contribution >= 0.6 is 11.3 Å². The second-order valence-electron chi connectivity index (χ2n) is 5.77. The van der Waals surface area contributed by atoms with Crippen LogP contribution in [0.15, 0.2) is 47.8 Å². The smallest absolute Gasteiger partial charge is 0.416 e. The van der Waals surface area contributed by atoms with E-state index in [9.17, 15) is 18.0 Å². The number of thiazole rings is 1. The fraction of sp³-hybridized carbons (Fsp3) is 0.158. The summed E-state index contributed by atoms with van der Waals surface area (Å²) in [7, 11) is 3.05. The molecule has 1 aromatic heterocycles. The molecule has 0 aliphatic rings. The van der Waals surface area contributed by atoms with Crippen LogP contribution in [0.1, 0.15) is 5.56 Å². The molecule has 0 unspecified atom stereocenters. The maximum Gasteiger partial charge on any atom is 0.416 e. The zero-order chi connectivity index (χ0) is 21.0. The molecule has 0 bridgehead atoms. The third-order valence-corrected chi connectivity index (χ3v) is 4.61. The van der Waals surface area contributed by atoms with Gasteiger partial charge in [0.15, 0.2) is 16.6 Å². The van der Waals surface area contributed by atoms with Gasteiger partial charge in [0, 0.05) is 16.6 Å². The lowest BCUT2D eigenvalue weighted by molar-refractivity contribution is -0.137. The van der Waals surface area contributed by atoms with Crippen LogP contribution in [-0.2, 0) is 6.18 Å². The van der Waals surface area contributed by atoms with E-state index in [4.69, 9.17) is 9.47 Å². The van der Waals surface area contributed by atoms with Crippen molar-refractivity contribution >= 4 is 28.2 Å². The number of urea groups is 1. The molecule has 0 fully saturated rings. The number of carbonyl (C=O) groups is 1. The highest BCUT2D eigenvalue weighted by Gasteiger charge is 2.30. The third kappa shape index (κ3) is 4.96. The van der Waals surface area contributed by atoms with Crippen molar-refractivity contribution in [3.8, 4) is 22.8 Å². The Labute approximate surface area is 168 Å². The van der Waals surface area contributed by atoms with Crippen molar-refractivity contribution in [1.29, 1.82) is 0 Å². The topological polar surface area (TPSA) is 72.5 Å². The molecular weight excluding hydrogens is 407 g/mol. The molecule has 3 rings (SSSR count). The molecular formula is C19H16F3N3O3S. The van der Waals surface area contributed by atoms with Gasteiger partial charge >= 0.3 is 12.2 Å². The van der Waals surface area contributed by atoms with Crippen LogP contribution in [0.5, 0.6) is 11.5 Å². The Bertz CT molecular complexity index is 1020. The summed E-state index contributed by atoms with van der Waals surface area (Å²) < 4.78 is 48.7. The first-order valence-electron chi connectivity index (χ1n) is 8.23. The number of aromatic nitrogens is 1. The number of methoxy groups -OCH3 is 2. The normalized spacial score (nSPS) is 11.1. The van der Waals surface area contributed by atoms with Gasteiger partial charge in [0.05, 0.1) is 25.5 Å². The van der Waals surface area contributed by atoms with Crippen molar-refractivity contribution in [3.63, 3.8) is 0 Å². The van der Waals surface area contributed by atoms with E-state index in [2.05, 4.69) is 15.6 Å². The summed E-state index contributed by atoms with van der Waals surface area (Å²) in [5.41, 5.74) is 0.532. The third-order valence-electron chi connectivity index (χ3n) is 3.85. The molecule has 0 atom stereocenters. The zero-order valence-corrected chi connectivity index (χ0v) is 16.1. The van der Waals surface area contributed by atoms with E-state index >= 15 is 0 Å². The molecule has 3 aromatic rings. The van der Waals surface area contributed by atoms with Gasteiger partial charge in [-0.2, -0.15) is 13.2 Å². The molecule has 0 spiro atoms. The molecule has 1 heterocycles. The Morgan fingerprint density at radius 1 is 1.03 bits per heavy atom. The van der Waals surface area contributed by atoms with Crippen molar-refractivity contribution in [3.05, 3.63) is 53.4 Å². The van der Waals surface area contributed by atoms with Gasteiger partial charge in [0.2, 0.25) is 0 Å². The SMILES string of the molecule is COc1ccc(-c2csc(NC(=O)Nc3cccc(C(F)(F)F)c3)n2)cc1OC. The minimum Gasteiger partial charge on any atom is -0.493 e. The van der Waals surface area contributed by atoms with Crippen LogP contribution in [0.25, 0.3) is 11.3 Å². The largest absolute Gasteiger partial charge is 0.493 e. The maximum atomic E-state index is 12.8. The molecule has 29 heavy (non-hydrogen) atoms. The van der Waals surface area contributed by atoms with Gasteiger partial charge in [-0.1, -0.05) is 6.07 Å².